The molecule has 14 heteroatoms. The Morgan fingerprint density at radius 3 is 1.88 bits per heavy atom. The van der Waals surface area contributed by atoms with Crippen molar-refractivity contribution in [3.8, 4) is 0 Å². The highest BCUT2D eigenvalue weighted by atomic mass is 16.4. The number of carboxylic acids is 2. The molecule has 0 aliphatic heterocycles. The molecule has 4 amide bonds. The van der Waals surface area contributed by atoms with Crippen LogP contribution in [0.2, 0.25) is 0 Å². The van der Waals surface area contributed by atoms with Crippen LogP contribution in [-0.2, 0) is 28.8 Å². The van der Waals surface area contributed by atoms with Crippen LogP contribution in [0.25, 0.3) is 0 Å². The predicted molar refractivity (Wildman–Crippen MR) is 109 cm³/mol. The number of aliphatic carboxylic acids is 2. The van der Waals surface area contributed by atoms with Crippen LogP contribution in [0.5, 0.6) is 0 Å². The number of rotatable bonds is 15. The average Bonchev–Trinajstić information content (AvgIpc) is 2.71. The lowest BCUT2D eigenvalue weighted by Gasteiger charge is -2.26. The molecular formula is C18H31N5O9. The number of primary amides is 1. The third-order valence-electron chi connectivity index (χ3n) is 4.63. The zero-order chi connectivity index (χ0) is 25.0. The van der Waals surface area contributed by atoms with E-state index < -0.39 is 91.5 Å². The quantitative estimate of drug-likeness (QED) is 0.120. The van der Waals surface area contributed by atoms with E-state index in [1.165, 1.54) is 0 Å². The van der Waals surface area contributed by atoms with Crippen molar-refractivity contribution in [3.05, 3.63) is 0 Å². The van der Waals surface area contributed by atoms with E-state index in [0.717, 1.165) is 0 Å². The number of carboxylic acid groups (broad SMARTS) is 2. The van der Waals surface area contributed by atoms with Gasteiger partial charge in [0.1, 0.15) is 24.2 Å². The maximum atomic E-state index is 12.6. The summed E-state index contributed by atoms with van der Waals surface area (Å²) >= 11 is 0. The zero-order valence-electron chi connectivity index (χ0n) is 17.9. The monoisotopic (exact) mass is 461 g/mol. The number of amides is 4. The number of carbonyl (C=O) groups excluding carboxylic acids is 4. The smallest absolute Gasteiger partial charge is 0.326 e. The average molecular weight is 461 g/mol. The second kappa shape index (κ2) is 13.9. The fourth-order valence-electron chi connectivity index (χ4n) is 2.52. The normalized spacial score (nSPS) is 15.4. The molecule has 0 aromatic carbocycles. The Morgan fingerprint density at radius 1 is 0.906 bits per heavy atom. The molecule has 0 saturated heterocycles. The molecule has 5 unspecified atom stereocenters. The molecule has 0 aromatic heterocycles. The summed E-state index contributed by atoms with van der Waals surface area (Å²) < 4.78 is 0. The Morgan fingerprint density at radius 2 is 1.44 bits per heavy atom. The lowest BCUT2D eigenvalue weighted by Crippen LogP contribution is -2.58. The van der Waals surface area contributed by atoms with Crippen molar-refractivity contribution < 1.29 is 44.1 Å². The summed E-state index contributed by atoms with van der Waals surface area (Å²) in [4.78, 5) is 70.8. The summed E-state index contributed by atoms with van der Waals surface area (Å²) in [6.45, 7) is 2.56. The van der Waals surface area contributed by atoms with Crippen LogP contribution in [0.1, 0.15) is 39.5 Å². The molecule has 0 radical (unpaired) electrons. The van der Waals surface area contributed by atoms with E-state index in [1.54, 1.807) is 13.8 Å². The molecule has 5 atom stereocenters. The Bertz CT molecular complexity index is 715. The van der Waals surface area contributed by atoms with Crippen molar-refractivity contribution in [1.82, 2.24) is 16.0 Å². The fraction of sp³-hybridized carbons (Fsp3) is 0.667. The Balaban J connectivity index is 5.60. The minimum atomic E-state index is -1.57. The molecule has 14 nitrogen and oxygen atoms in total. The van der Waals surface area contributed by atoms with Crippen LogP contribution in [0.4, 0.5) is 0 Å². The van der Waals surface area contributed by atoms with Crippen LogP contribution < -0.4 is 27.4 Å². The van der Waals surface area contributed by atoms with Crippen molar-refractivity contribution in [2.45, 2.75) is 63.7 Å². The minimum absolute atomic E-state index is 0.396. The lowest BCUT2D eigenvalue weighted by atomic mass is 9.98. The van der Waals surface area contributed by atoms with Gasteiger partial charge in [0.25, 0.3) is 0 Å². The third kappa shape index (κ3) is 10.2. The molecule has 0 bridgehead atoms. The first kappa shape index (κ1) is 28.7. The van der Waals surface area contributed by atoms with E-state index in [1.807, 2.05) is 0 Å². The number of hydrogen-bond acceptors (Lipinski definition) is 8. The summed E-state index contributed by atoms with van der Waals surface area (Å²) in [5.41, 5.74) is 10.4. The summed E-state index contributed by atoms with van der Waals surface area (Å²) in [5, 5.41) is 33.8. The highest BCUT2D eigenvalue weighted by Crippen LogP contribution is 2.09. The third-order valence-corrected chi connectivity index (χ3v) is 4.63. The Labute approximate surface area is 184 Å². The van der Waals surface area contributed by atoms with Crippen molar-refractivity contribution in [2.24, 2.45) is 17.4 Å². The first-order valence-corrected chi connectivity index (χ1v) is 9.84. The number of aliphatic hydroxyl groups excluding tert-OH is 1. The van der Waals surface area contributed by atoms with Gasteiger partial charge in [-0.15, -0.1) is 0 Å². The molecular weight excluding hydrogens is 430 g/mol. The van der Waals surface area contributed by atoms with Gasteiger partial charge in [-0.25, -0.2) is 4.79 Å². The Kier molecular flexibility index (Phi) is 12.5. The van der Waals surface area contributed by atoms with Gasteiger partial charge in [0.2, 0.25) is 23.6 Å². The first-order chi connectivity index (χ1) is 14.8. The second-order valence-corrected chi connectivity index (χ2v) is 7.22. The molecule has 0 aliphatic carbocycles. The van der Waals surface area contributed by atoms with Crippen molar-refractivity contribution in [3.63, 3.8) is 0 Å². The van der Waals surface area contributed by atoms with Gasteiger partial charge in [-0.2, -0.15) is 0 Å². The van der Waals surface area contributed by atoms with Gasteiger partial charge in [-0.05, 0) is 12.3 Å². The summed E-state index contributed by atoms with van der Waals surface area (Å²) in [6, 6.07) is -5.73. The van der Waals surface area contributed by atoms with Crippen LogP contribution >= 0.6 is 0 Å². The van der Waals surface area contributed by atoms with E-state index in [0.29, 0.717) is 6.42 Å². The standard InChI is InChI=1S/C18H31N5O9/c1-3-8(2)14(18(31)32)23-16(29)10(4-5-13(26)27)21-17(30)11(6-12(20)25)22-15(28)9(19)7-24/h8-11,14,24H,3-7,19H2,1-2H3,(H2,20,25)(H,21,30)(H,22,28)(H,23,29)(H,26,27)(H,31,32). The summed E-state index contributed by atoms with van der Waals surface area (Å²) in [5.74, 6) is -7.00. The van der Waals surface area contributed by atoms with Crippen LogP contribution in [-0.4, -0.2) is 81.7 Å². The van der Waals surface area contributed by atoms with Crippen LogP contribution in [0, 0.1) is 5.92 Å². The first-order valence-electron chi connectivity index (χ1n) is 9.84. The molecule has 0 rings (SSSR count). The SMILES string of the molecule is CCC(C)C(NC(=O)C(CCC(=O)O)NC(=O)C(CC(N)=O)NC(=O)C(N)CO)C(=O)O. The van der Waals surface area contributed by atoms with Crippen molar-refractivity contribution >= 4 is 35.6 Å². The van der Waals surface area contributed by atoms with E-state index >= 15 is 0 Å². The minimum Gasteiger partial charge on any atom is -0.481 e. The fourth-order valence-corrected chi connectivity index (χ4v) is 2.52. The molecule has 0 aromatic rings. The summed E-state index contributed by atoms with van der Waals surface area (Å²) in [6.07, 6.45) is -1.19. The molecule has 0 aliphatic rings. The molecule has 10 N–H and O–H groups in total. The highest BCUT2D eigenvalue weighted by molar-refractivity contribution is 5.96. The summed E-state index contributed by atoms with van der Waals surface area (Å²) in [7, 11) is 0. The van der Waals surface area contributed by atoms with E-state index in [-0.39, 0.29) is 0 Å². The van der Waals surface area contributed by atoms with Gasteiger partial charge in [0.15, 0.2) is 0 Å². The zero-order valence-corrected chi connectivity index (χ0v) is 17.9. The number of carbonyl (C=O) groups is 6. The van der Waals surface area contributed by atoms with Crippen LogP contribution in [0.3, 0.4) is 0 Å². The molecule has 0 fully saturated rings. The number of nitrogens with two attached hydrogens (primary N) is 2. The molecule has 0 saturated carbocycles. The van der Waals surface area contributed by atoms with E-state index in [4.69, 9.17) is 21.7 Å². The van der Waals surface area contributed by atoms with E-state index in [2.05, 4.69) is 16.0 Å². The van der Waals surface area contributed by atoms with E-state index in [9.17, 15) is 33.9 Å². The number of hydrogen-bond donors (Lipinski definition) is 8. The van der Waals surface area contributed by atoms with Gasteiger partial charge in [-0.3, -0.25) is 24.0 Å². The second-order valence-electron chi connectivity index (χ2n) is 7.22. The molecule has 0 heterocycles. The number of nitrogens with one attached hydrogen (secondary N) is 3. The molecule has 0 spiro atoms. The Hall–Kier alpha value is -3.26. The maximum absolute atomic E-state index is 12.6. The van der Waals surface area contributed by atoms with Gasteiger partial charge in [-0.1, -0.05) is 20.3 Å². The van der Waals surface area contributed by atoms with Crippen molar-refractivity contribution in [1.29, 1.82) is 0 Å². The predicted octanol–water partition coefficient (Wildman–Crippen LogP) is -3.37. The van der Waals surface area contributed by atoms with Crippen molar-refractivity contribution in [2.75, 3.05) is 6.61 Å². The highest BCUT2D eigenvalue weighted by Gasteiger charge is 2.32. The molecule has 182 valence electrons. The van der Waals surface area contributed by atoms with Gasteiger partial charge in [0.05, 0.1) is 13.0 Å². The number of aliphatic hydroxyl groups is 1. The maximum Gasteiger partial charge on any atom is 0.326 e. The topological polar surface area (TPSA) is 251 Å². The van der Waals surface area contributed by atoms with Crippen LogP contribution in [0.15, 0.2) is 0 Å². The van der Waals surface area contributed by atoms with Gasteiger partial charge >= 0.3 is 11.9 Å². The van der Waals surface area contributed by atoms with Gasteiger partial charge < -0.3 is 42.7 Å². The lowest BCUT2D eigenvalue weighted by molar-refractivity contribution is -0.144. The van der Waals surface area contributed by atoms with Gasteiger partial charge in [0, 0.05) is 6.42 Å². The largest absolute Gasteiger partial charge is 0.481 e. The molecule has 32 heavy (non-hydrogen) atoms.